The Morgan fingerprint density at radius 3 is 1.73 bits per heavy atom. The van der Waals surface area contributed by atoms with Crippen molar-refractivity contribution in [2.24, 2.45) is 0 Å². The van der Waals surface area contributed by atoms with E-state index < -0.39 is 34.9 Å². The molecule has 0 aliphatic rings. The predicted molar refractivity (Wildman–Crippen MR) is 70.7 cm³/mol. The van der Waals surface area contributed by atoms with Crippen LogP contribution in [0.4, 0.5) is 37.7 Å². The molecule has 118 valence electrons. The van der Waals surface area contributed by atoms with E-state index >= 15 is 0 Å². The Kier molecular flexibility index (Phi) is 3.72. The molecule has 2 nitrogen and oxygen atoms in total. The van der Waals surface area contributed by atoms with Crippen molar-refractivity contribution >= 4 is 11.4 Å². The average molecular weight is 320 g/mol. The number of anilines is 2. The van der Waals surface area contributed by atoms with Gasteiger partial charge in [0.2, 0.25) is 0 Å². The molecule has 8 heteroatoms. The Hall–Kier alpha value is -2.38. The maximum atomic E-state index is 13.0. The number of nitrogens with two attached hydrogens (primary N) is 2. The van der Waals surface area contributed by atoms with Crippen molar-refractivity contribution < 1.29 is 26.3 Å². The number of nitrogen functional groups attached to an aromatic ring is 2. The summed E-state index contributed by atoms with van der Waals surface area (Å²) in [6.07, 6.45) is -10.1. The third-order valence-corrected chi connectivity index (χ3v) is 3.08. The lowest BCUT2D eigenvalue weighted by Crippen LogP contribution is -2.18. The number of hydrogen-bond acceptors (Lipinski definition) is 2. The SMILES string of the molecule is Nc1c(-c2ccccc2)cc(C(F)(F)F)c(N)c1C(F)(F)F. The molecule has 0 aromatic heterocycles. The van der Waals surface area contributed by atoms with Gasteiger partial charge in [-0.25, -0.2) is 0 Å². The first-order valence-electron chi connectivity index (χ1n) is 5.95. The zero-order valence-corrected chi connectivity index (χ0v) is 10.9. The minimum absolute atomic E-state index is 0.135. The average Bonchev–Trinajstić information content (AvgIpc) is 2.36. The minimum Gasteiger partial charge on any atom is -0.398 e. The molecule has 2 aromatic rings. The summed E-state index contributed by atoms with van der Waals surface area (Å²) in [6.45, 7) is 0. The van der Waals surface area contributed by atoms with E-state index in [2.05, 4.69) is 0 Å². The second-order valence-corrected chi connectivity index (χ2v) is 4.54. The van der Waals surface area contributed by atoms with Crippen LogP contribution in [0.25, 0.3) is 11.1 Å². The summed E-state index contributed by atoms with van der Waals surface area (Å²) in [5.41, 5.74) is 4.82. The molecule has 0 heterocycles. The van der Waals surface area contributed by atoms with E-state index in [0.717, 1.165) is 0 Å². The maximum absolute atomic E-state index is 13.0. The van der Waals surface area contributed by atoms with Crippen LogP contribution in [0.3, 0.4) is 0 Å². The zero-order valence-electron chi connectivity index (χ0n) is 10.9. The monoisotopic (exact) mass is 320 g/mol. The van der Waals surface area contributed by atoms with E-state index in [1.54, 1.807) is 6.07 Å². The summed E-state index contributed by atoms with van der Waals surface area (Å²) in [7, 11) is 0. The Morgan fingerprint density at radius 1 is 0.727 bits per heavy atom. The molecule has 0 amide bonds. The molecule has 0 spiro atoms. The lowest BCUT2D eigenvalue weighted by atomic mass is 9.94. The fraction of sp³-hybridized carbons (Fsp3) is 0.143. The summed E-state index contributed by atoms with van der Waals surface area (Å²) >= 11 is 0. The van der Waals surface area contributed by atoms with E-state index in [9.17, 15) is 26.3 Å². The van der Waals surface area contributed by atoms with Gasteiger partial charge in [0.1, 0.15) is 5.56 Å². The molecule has 4 N–H and O–H groups in total. The van der Waals surface area contributed by atoms with Gasteiger partial charge >= 0.3 is 12.4 Å². The Bertz CT molecular complexity index is 689. The Balaban J connectivity index is 2.87. The minimum atomic E-state index is -5.10. The maximum Gasteiger partial charge on any atom is 0.420 e. The lowest BCUT2D eigenvalue weighted by Gasteiger charge is -2.20. The quantitative estimate of drug-likeness (QED) is 0.598. The highest BCUT2D eigenvalue weighted by atomic mass is 19.4. The second kappa shape index (κ2) is 5.11. The van der Waals surface area contributed by atoms with Crippen LogP contribution < -0.4 is 11.5 Å². The summed E-state index contributed by atoms with van der Waals surface area (Å²) in [5, 5.41) is 0. The molecule has 0 bridgehead atoms. The molecule has 2 aromatic carbocycles. The number of rotatable bonds is 1. The molecule has 22 heavy (non-hydrogen) atoms. The van der Waals surface area contributed by atoms with Crippen LogP contribution in [0.5, 0.6) is 0 Å². The van der Waals surface area contributed by atoms with Crippen molar-refractivity contribution in [2.45, 2.75) is 12.4 Å². The lowest BCUT2D eigenvalue weighted by molar-refractivity contribution is -0.141. The fourth-order valence-corrected chi connectivity index (χ4v) is 2.11. The first-order valence-corrected chi connectivity index (χ1v) is 5.95. The molecule has 0 aliphatic heterocycles. The standard InChI is InChI=1S/C14H10F6N2/c15-13(16,17)9-6-8(7-4-2-1-3-5-7)11(21)10(12(9)22)14(18,19)20/h1-6H,21-22H2. The molecule has 0 unspecified atom stereocenters. The van der Waals surface area contributed by atoms with Crippen LogP contribution in [0.15, 0.2) is 36.4 Å². The molecule has 0 atom stereocenters. The summed E-state index contributed by atoms with van der Waals surface area (Å²) < 4.78 is 78.0. The van der Waals surface area contributed by atoms with Gasteiger partial charge in [-0.05, 0) is 11.6 Å². The summed E-state index contributed by atoms with van der Waals surface area (Å²) in [4.78, 5) is 0. The van der Waals surface area contributed by atoms with Gasteiger partial charge in [0.15, 0.2) is 0 Å². The van der Waals surface area contributed by atoms with Crippen LogP contribution in [0.2, 0.25) is 0 Å². The van der Waals surface area contributed by atoms with Crippen molar-refractivity contribution in [1.82, 2.24) is 0 Å². The van der Waals surface area contributed by atoms with Gasteiger partial charge in [0, 0.05) is 5.56 Å². The van der Waals surface area contributed by atoms with Crippen molar-refractivity contribution in [3.8, 4) is 11.1 Å². The molecule has 0 aliphatic carbocycles. The van der Waals surface area contributed by atoms with Crippen LogP contribution in [-0.4, -0.2) is 0 Å². The van der Waals surface area contributed by atoms with Gasteiger partial charge in [0.25, 0.3) is 0 Å². The first kappa shape index (κ1) is 16.0. The normalized spacial score (nSPS) is 12.5. The molecule has 0 radical (unpaired) electrons. The molecule has 0 fully saturated rings. The van der Waals surface area contributed by atoms with E-state index in [1.165, 1.54) is 24.3 Å². The topological polar surface area (TPSA) is 52.0 Å². The van der Waals surface area contributed by atoms with Gasteiger partial charge in [0.05, 0.1) is 16.9 Å². The van der Waals surface area contributed by atoms with Crippen LogP contribution >= 0.6 is 0 Å². The van der Waals surface area contributed by atoms with Crippen LogP contribution in [0, 0.1) is 0 Å². The predicted octanol–water partition coefficient (Wildman–Crippen LogP) is 4.56. The third kappa shape index (κ3) is 2.81. The van der Waals surface area contributed by atoms with Crippen molar-refractivity contribution in [3.05, 3.63) is 47.5 Å². The molecule has 0 saturated heterocycles. The van der Waals surface area contributed by atoms with Gasteiger partial charge in [-0.2, -0.15) is 26.3 Å². The number of halogens is 6. The van der Waals surface area contributed by atoms with Gasteiger partial charge in [-0.1, -0.05) is 30.3 Å². The van der Waals surface area contributed by atoms with Crippen LogP contribution in [0.1, 0.15) is 11.1 Å². The Morgan fingerprint density at radius 2 is 1.27 bits per heavy atom. The highest BCUT2D eigenvalue weighted by Crippen LogP contribution is 2.47. The van der Waals surface area contributed by atoms with Crippen LogP contribution in [-0.2, 0) is 12.4 Å². The summed E-state index contributed by atoms with van der Waals surface area (Å²) in [5.74, 6) is 0. The number of benzene rings is 2. The van der Waals surface area contributed by atoms with Crippen molar-refractivity contribution in [2.75, 3.05) is 11.5 Å². The smallest absolute Gasteiger partial charge is 0.398 e. The third-order valence-electron chi connectivity index (χ3n) is 3.08. The van der Waals surface area contributed by atoms with Gasteiger partial charge < -0.3 is 11.5 Å². The van der Waals surface area contributed by atoms with Gasteiger partial charge in [-0.3, -0.25) is 0 Å². The van der Waals surface area contributed by atoms with E-state index in [0.29, 0.717) is 6.07 Å². The fourth-order valence-electron chi connectivity index (χ4n) is 2.11. The number of alkyl halides is 6. The molecule has 2 rings (SSSR count). The highest BCUT2D eigenvalue weighted by molar-refractivity contribution is 5.85. The van der Waals surface area contributed by atoms with Gasteiger partial charge in [-0.15, -0.1) is 0 Å². The summed E-state index contributed by atoms with van der Waals surface area (Å²) in [6, 6.07) is 7.79. The van der Waals surface area contributed by atoms with E-state index in [-0.39, 0.29) is 11.1 Å². The first-order chi connectivity index (χ1) is 10.0. The van der Waals surface area contributed by atoms with E-state index in [1.807, 2.05) is 0 Å². The molecule has 0 saturated carbocycles. The largest absolute Gasteiger partial charge is 0.420 e. The highest BCUT2D eigenvalue weighted by Gasteiger charge is 2.42. The molecular weight excluding hydrogens is 310 g/mol. The van der Waals surface area contributed by atoms with Crippen molar-refractivity contribution in [1.29, 1.82) is 0 Å². The molecular formula is C14H10F6N2. The zero-order chi connectivity index (χ0) is 16.7. The van der Waals surface area contributed by atoms with Crippen molar-refractivity contribution in [3.63, 3.8) is 0 Å². The van der Waals surface area contributed by atoms with E-state index in [4.69, 9.17) is 11.5 Å². The second-order valence-electron chi connectivity index (χ2n) is 4.54. The Labute approximate surface area is 121 Å². The number of hydrogen-bond donors (Lipinski definition) is 2.